The molecule has 1 N–H and O–H groups in total. The summed E-state index contributed by atoms with van der Waals surface area (Å²) in [7, 11) is 0. The third kappa shape index (κ3) is 2.66. The van der Waals surface area contributed by atoms with Gasteiger partial charge in [0.2, 0.25) is 0 Å². The van der Waals surface area contributed by atoms with Gasteiger partial charge < -0.3 is 14.6 Å². The van der Waals surface area contributed by atoms with Crippen molar-refractivity contribution in [2.45, 2.75) is 33.5 Å². The van der Waals surface area contributed by atoms with Crippen LogP contribution in [0.4, 0.5) is 0 Å². The number of rotatable bonds is 1. The normalized spacial score (nSPS) is 17.5. The van der Waals surface area contributed by atoms with Gasteiger partial charge in [-0.05, 0) is 37.1 Å². The average Bonchev–Trinajstić information content (AvgIpc) is 2.24. The van der Waals surface area contributed by atoms with Crippen LogP contribution in [0.15, 0.2) is 17.7 Å². The Morgan fingerprint density at radius 2 is 1.65 bits per heavy atom. The Morgan fingerprint density at radius 3 is 2.15 bits per heavy atom. The van der Waals surface area contributed by atoms with Crippen LogP contribution in [0.25, 0.3) is 6.08 Å². The van der Waals surface area contributed by atoms with Crippen LogP contribution in [0.2, 0.25) is 0 Å². The van der Waals surface area contributed by atoms with Crippen LogP contribution >= 0.6 is 0 Å². The second-order valence-electron chi connectivity index (χ2n) is 5.25. The van der Waals surface area contributed by atoms with Crippen molar-refractivity contribution < 1.29 is 24.2 Å². The van der Waals surface area contributed by atoms with Gasteiger partial charge in [-0.2, -0.15) is 0 Å². The first kappa shape index (κ1) is 14.1. The Morgan fingerprint density at radius 1 is 1.10 bits per heavy atom. The van der Waals surface area contributed by atoms with E-state index < -0.39 is 17.7 Å². The largest absolute Gasteiger partial charge is 0.507 e. The average molecular weight is 276 g/mol. The number of hydrogen-bond acceptors (Lipinski definition) is 5. The number of carbonyl (C=O) groups is 2. The Kier molecular flexibility index (Phi) is 3.29. The number of benzene rings is 1. The first-order chi connectivity index (χ1) is 9.19. The molecule has 0 radical (unpaired) electrons. The van der Waals surface area contributed by atoms with E-state index in [0.717, 1.165) is 11.1 Å². The second-order valence-corrected chi connectivity index (χ2v) is 5.25. The van der Waals surface area contributed by atoms with Crippen LogP contribution in [0.3, 0.4) is 0 Å². The summed E-state index contributed by atoms with van der Waals surface area (Å²) in [4.78, 5) is 23.7. The van der Waals surface area contributed by atoms with E-state index in [1.807, 2.05) is 13.0 Å². The van der Waals surface area contributed by atoms with Gasteiger partial charge in [-0.1, -0.05) is 6.07 Å². The van der Waals surface area contributed by atoms with Crippen LogP contribution < -0.4 is 0 Å². The van der Waals surface area contributed by atoms with Gasteiger partial charge in [0.25, 0.3) is 5.79 Å². The number of phenolic OH excluding ortho intramolecular Hbond substituents is 1. The van der Waals surface area contributed by atoms with E-state index in [0.29, 0.717) is 5.56 Å². The molecule has 1 aromatic carbocycles. The summed E-state index contributed by atoms with van der Waals surface area (Å²) >= 11 is 0. The lowest BCUT2D eigenvalue weighted by atomic mass is 10.0. The summed E-state index contributed by atoms with van der Waals surface area (Å²) in [5, 5.41) is 9.93. The predicted octanol–water partition coefficient (Wildman–Crippen LogP) is 2.23. The van der Waals surface area contributed by atoms with E-state index in [1.165, 1.54) is 19.9 Å². The number of cyclic esters (lactones) is 2. The lowest BCUT2D eigenvalue weighted by Crippen LogP contribution is -2.41. The Labute approximate surface area is 116 Å². The van der Waals surface area contributed by atoms with Gasteiger partial charge in [-0.3, -0.25) is 0 Å². The monoisotopic (exact) mass is 276 g/mol. The fourth-order valence-corrected chi connectivity index (χ4v) is 2.07. The lowest BCUT2D eigenvalue weighted by Gasteiger charge is -2.29. The van der Waals surface area contributed by atoms with Crippen LogP contribution in [-0.4, -0.2) is 22.8 Å². The highest BCUT2D eigenvalue weighted by atomic mass is 16.7. The minimum Gasteiger partial charge on any atom is -0.507 e. The number of phenols is 1. The van der Waals surface area contributed by atoms with Crippen molar-refractivity contribution in [3.8, 4) is 5.75 Å². The Hall–Kier alpha value is -2.30. The van der Waals surface area contributed by atoms with Gasteiger partial charge >= 0.3 is 11.9 Å². The van der Waals surface area contributed by atoms with E-state index in [2.05, 4.69) is 0 Å². The smallest absolute Gasteiger partial charge is 0.348 e. The fourth-order valence-electron chi connectivity index (χ4n) is 2.07. The molecule has 0 amide bonds. The molecule has 1 heterocycles. The van der Waals surface area contributed by atoms with E-state index in [-0.39, 0.29) is 11.3 Å². The third-order valence-corrected chi connectivity index (χ3v) is 2.91. The molecule has 20 heavy (non-hydrogen) atoms. The van der Waals surface area contributed by atoms with Gasteiger partial charge in [0.1, 0.15) is 11.3 Å². The number of ether oxygens (including phenoxy) is 2. The molecule has 0 aromatic heterocycles. The first-order valence-corrected chi connectivity index (χ1v) is 6.18. The Balaban J connectivity index is 2.46. The van der Waals surface area contributed by atoms with E-state index >= 15 is 0 Å². The minimum absolute atomic E-state index is 0.000402. The molecule has 1 aliphatic heterocycles. The molecule has 5 nitrogen and oxygen atoms in total. The molecule has 0 unspecified atom stereocenters. The SMILES string of the molecule is Cc1cc(C)c(C=C2C(=O)OC(C)(C)OC2=O)c(O)c1. The third-order valence-electron chi connectivity index (χ3n) is 2.91. The minimum atomic E-state index is -1.27. The zero-order valence-corrected chi connectivity index (χ0v) is 11.8. The number of hydrogen-bond donors (Lipinski definition) is 1. The summed E-state index contributed by atoms with van der Waals surface area (Å²) in [5.41, 5.74) is 1.81. The Bertz CT molecular complexity index is 580. The molecule has 106 valence electrons. The molecule has 1 aromatic rings. The topological polar surface area (TPSA) is 72.8 Å². The molecule has 0 spiro atoms. The van der Waals surface area contributed by atoms with Crippen molar-refractivity contribution in [1.29, 1.82) is 0 Å². The van der Waals surface area contributed by atoms with Crippen LogP contribution in [0, 0.1) is 13.8 Å². The molecule has 5 heteroatoms. The van der Waals surface area contributed by atoms with Crippen molar-refractivity contribution in [3.63, 3.8) is 0 Å². The summed E-state index contributed by atoms with van der Waals surface area (Å²) in [6, 6.07) is 3.40. The van der Waals surface area contributed by atoms with Gasteiger partial charge in [0.15, 0.2) is 0 Å². The molecule has 0 saturated carbocycles. The van der Waals surface area contributed by atoms with Crippen molar-refractivity contribution >= 4 is 18.0 Å². The lowest BCUT2D eigenvalue weighted by molar-refractivity contribution is -0.222. The molecule has 2 rings (SSSR count). The van der Waals surface area contributed by atoms with Crippen molar-refractivity contribution in [1.82, 2.24) is 0 Å². The number of esters is 2. The summed E-state index contributed by atoms with van der Waals surface area (Å²) < 4.78 is 10.0. The first-order valence-electron chi connectivity index (χ1n) is 6.18. The van der Waals surface area contributed by atoms with Crippen molar-refractivity contribution in [2.24, 2.45) is 0 Å². The number of aromatic hydroxyl groups is 1. The molecular formula is C15H16O5. The molecule has 0 atom stereocenters. The molecular weight excluding hydrogens is 260 g/mol. The number of carbonyl (C=O) groups excluding carboxylic acids is 2. The second kappa shape index (κ2) is 4.67. The van der Waals surface area contributed by atoms with Gasteiger partial charge in [0.05, 0.1) is 0 Å². The van der Waals surface area contributed by atoms with Gasteiger partial charge in [-0.15, -0.1) is 0 Å². The van der Waals surface area contributed by atoms with E-state index in [1.54, 1.807) is 13.0 Å². The highest BCUT2D eigenvalue weighted by molar-refractivity contribution is 6.19. The van der Waals surface area contributed by atoms with Gasteiger partial charge in [-0.25, -0.2) is 9.59 Å². The van der Waals surface area contributed by atoms with Crippen LogP contribution in [0.5, 0.6) is 5.75 Å². The zero-order chi connectivity index (χ0) is 15.1. The predicted molar refractivity (Wildman–Crippen MR) is 71.8 cm³/mol. The van der Waals surface area contributed by atoms with Crippen LogP contribution in [-0.2, 0) is 19.1 Å². The molecule has 1 saturated heterocycles. The van der Waals surface area contributed by atoms with Crippen LogP contribution in [0.1, 0.15) is 30.5 Å². The van der Waals surface area contributed by atoms with Crippen molar-refractivity contribution in [2.75, 3.05) is 0 Å². The highest BCUT2D eigenvalue weighted by Crippen LogP contribution is 2.29. The van der Waals surface area contributed by atoms with Gasteiger partial charge in [0, 0.05) is 19.4 Å². The summed E-state index contributed by atoms with van der Waals surface area (Å²) in [6.45, 7) is 6.58. The zero-order valence-electron chi connectivity index (χ0n) is 11.8. The van der Waals surface area contributed by atoms with E-state index in [9.17, 15) is 14.7 Å². The summed E-state index contributed by atoms with van der Waals surface area (Å²) in [6.07, 6.45) is 1.30. The van der Waals surface area contributed by atoms with Crippen molar-refractivity contribution in [3.05, 3.63) is 34.4 Å². The maximum absolute atomic E-state index is 11.8. The maximum Gasteiger partial charge on any atom is 0.348 e. The molecule has 1 aliphatic rings. The summed E-state index contributed by atoms with van der Waals surface area (Å²) in [5.74, 6) is -2.78. The number of aryl methyl sites for hydroxylation is 2. The molecule has 1 fully saturated rings. The molecule has 0 aliphatic carbocycles. The standard InChI is InChI=1S/C15H16O5/c1-8-5-9(2)10(12(16)6-8)7-11-13(17)19-15(3,4)20-14(11)18/h5-7,16H,1-4H3. The van der Waals surface area contributed by atoms with E-state index in [4.69, 9.17) is 9.47 Å². The molecule has 0 bridgehead atoms. The quantitative estimate of drug-likeness (QED) is 0.484. The highest BCUT2D eigenvalue weighted by Gasteiger charge is 2.39. The fraction of sp³-hybridized carbons (Fsp3) is 0.333. The maximum atomic E-state index is 11.8.